The number of aromatic nitrogens is 4. The number of nitrogens with zero attached hydrogens (tertiary/aromatic N) is 2. The summed E-state index contributed by atoms with van der Waals surface area (Å²) < 4.78 is 0. The second-order valence-electron chi connectivity index (χ2n) is 9.89. The van der Waals surface area contributed by atoms with Crippen molar-refractivity contribution in [1.29, 1.82) is 0 Å². The molecule has 5 aromatic rings. The number of nitrogens with one attached hydrogen (secondary N) is 2. The van der Waals surface area contributed by atoms with Gasteiger partial charge in [-0.25, -0.2) is 9.97 Å². The van der Waals surface area contributed by atoms with Crippen LogP contribution < -0.4 is 0 Å². The van der Waals surface area contributed by atoms with Crippen LogP contribution in [0.3, 0.4) is 0 Å². The maximum absolute atomic E-state index is 5.05. The average molecular weight is 487 g/mol. The first-order valence-corrected chi connectivity index (χ1v) is 13.6. The Morgan fingerprint density at radius 3 is 1.35 bits per heavy atom. The molecular weight excluding hydrogens is 452 g/mol. The summed E-state index contributed by atoms with van der Waals surface area (Å²) in [4.78, 5) is 17.7. The Morgan fingerprint density at radius 1 is 0.541 bits per heavy atom. The largest absolute Gasteiger partial charge is 0.358 e. The molecule has 0 fully saturated rings. The van der Waals surface area contributed by atoms with Crippen molar-refractivity contribution in [2.24, 2.45) is 0 Å². The molecule has 0 spiro atoms. The molecule has 1 aliphatic heterocycles. The van der Waals surface area contributed by atoms with Gasteiger partial charge in [0, 0.05) is 40.0 Å². The molecule has 1 aromatic carbocycles. The van der Waals surface area contributed by atoms with E-state index in [1.807, 2.05) is 0 Å². The van der Waals surface area contributed by atoms with Crippen molar-refractivity contribution in [2.75, 3.05) is 0 Å². The minimum absolute atomic E-state index is 0.883. The van der Waals surface area contributed by atoms with Crippen molar-refractivity contribution in [3.63, 3.8) is 0 Å². The maximum Gasteiger partial charge on any atom is 0.0972 e. The molecule has 5 heterocycles. The van der Waals surface area contributed by atoms with Crippen LogP contribution in [0, 0.1) is 0 Å². The van der Waals surface area contributed by atoms with Gasteiger partial charge in [0.25, 0.3) is 0 Å². The summed E-state index contributed by atoms with van der Waals surface area (Å²) in [7, 11) is 0. The molecule has 0 unspecified atom stereocenters. The highest BCUT2D eigenvalue weighted by atomic mass is 14.8. The molecule has 0 atom stereocenters. The highest BCUT2D eigenvalue weighted by Crippen LogP contribution is 2.30. The minimum atomic E-state index is 0.883. The summed E-state index contributed by atoms with van der Waals surface area (Å²) in [5, 5.41) is 2.21. The smallest absolute Gasteiger partial charge is 0.0972 e. The Kier molecular flexibility index (Phi) is 6.03. The van der Waals surface area contributed by atoms with Crippen LogP contribution in [0.25, 0.3) is 46.1 Å². The van der Waals surface area contributed by atoms with Crippen LogP contribution in [0.1, 0.15) is 84.1 Å². The van der Waals surface area contributed by atoms with Crippen LogP contribution >= 0.6 is 0 Å². The molecule has 4 nitrogen and oxygen atoms in total. The van der Waals surface area contributed by atoms with Gasteiger partial charge in [0.1, 0.15) is 0 Å². The van der Waals surface area contributed by atoms with Gasteiger partial charge in [0.2, 0.25) is 0 Å². The van der Waals surface area contributed by atoms with E-state index in [1.165, 1.54) is 45.0 Å². The molecule has 1 aliphatic rings. The van der Waals surface area contributed by atoms with Crippen LogP contribution in [0.15, 0.2) is 36.4 Å². The highest BCUT2D eigenvalue weighted by molar-refractivity contribution is 6.03. The van der Waals surface area contributed by atoms with Crippen molar-refractivity contribution in [3.05, 3.63) is 92.8 Å². The lowest BCUT2D eigenvalue weighted by Gasteiger charge is -2.06. The lowest BCUT2D eigenvalue weighted by Crippen LogP contribution is -1.98. The number of hydrogen-bond acceptors (Lipinski definition) is 2. The fraction of sp³-hybridized carbons (Fsp3) is 0.273. The van der Waals surface area contributed by atoms with E-state index in [9.17, 15) is 0 Å². The Labute approximate surface area is 218 Å². The number of H-pyrrole nitrogens is 2. The summed E-state index contributed by atoms with van der Waals surface area (Å²) in [6.45, 7) is 9.04. The van der Waals surface area contributed by atoms with Gasteiger partial charge in [0.05, 0.1) is 22.4 Å². The predicted octanol–water partition coefficient (Wildman–Crippen LogP) is 7.93. The zero-order valence-corrected chi connectivity index (χ0v) is 22.2. The van der Waals surface area contributed by atoms with Crippen LogP contribution in [0.5, 0.6) is 0 Å². The molecule has 4 aromatic heterocycles. The average Bonchev–Trinajstić information content (AvgIpc) is 3.45. The standard InChI is InChI=1S/C33H34N4/c1-5-24-26(7-3)30-19-31-27(8-4)25(6-2)29(37-31)18-16-23-14-12-21-10-9-20-11-13-22(15-17-28(24)36-30)34-32(20)33(21)35-23/h9-18,36-37H,5-8,19H2,1-4H3. The van der Waals surface area contributed by atoms with Crippen LogP contribution in [0.2, 0.25) is 0 Å². The number of fused-ring (bicyclic) bond motifs is 6. The summed E-state index contributed by atoms with van der Waals surface area (Å²) in [6, 6.07) is 12.8. The third kappa shape index (κ3) is 4.01. The molecule has 0 aliphatic carbocycles. The van der Waals surface area contributed by atoms with Crippen molar-refractivity contribution in [2.45, 2.75) is 59.8 Å². The van der Waals surface area contributed by atoms with Gasteiger partial charge < -0.3 is 9.97 Å². The first kappa shape index (κ1) is 23.5. The molecule has 8 bridgehead atoms. The first-order chi connectivity index (χ1) is 18.1. The maximum atomic E-state index is 5.05. The Hall–Kier alpha value is -3.92. The van der Waals surface area contributed by atoms with Crippen LogP contribution in [-0.2, 0) is 32.1 Å². The fourth-order valence-electron chi connectivity index (χ4n) is 6.06. The molecular formula is C33H34N4. The van der Waals surface area contributed by atoms with Crippen molar-refractivity contribution in [3.8, 4) is 0 Å². The van der Waals surface area contributed by atoms with Crippen LogP contribution in [-0.4, -0.2) is 19.9 Å². The summed E-state index contributed by atoms with van der Waals surface area (Å²) >= 11 is 0. The Morgan fingerprint density at radius 2 is 0.946 bits per heavy atom. The third-order valence-corrected chi connectivity index (χ3v) is 7.85. The number of benzene rings is 1. The quantitative estimate of drug-likeness (QED) is 0.249. The summed E-state index contributed by atoms with van der Waals surface area (Å²) in [6.07, 6.45) is 13.6. The molecule has 186 valence electrons. The summed E-state index contributed by atoms with van der Waals surface area (Å²) in [5.41, 5.74) is 14.5. The zero-order chi connectivity index (χ0) is 25.5. The van der Waals surface area contributed by atoms with Crippen molar-refractivity contribution >= 4 is 46.1 Å². The van der Waals surface area contributed by atoms with E-state index in [-0.39, 0.29) is 0 Å². The number of hydrogen-bond donors (Lipinski definition) is 2. The SMILES string of the molecule is CCc1c2[nH]c(c1CC)Cc1[nH]c(c(CC)c1CC)C=Cc1ccc3ccc4ccc(nc4c3n1)C=C2. The fourth-order valence-corrected chi connectivity index (χ4v) is 6.06. The van der Waals surface area contributed by atoms with Gasteiger partial charge in [-0.15, -0.1) is 0 Å². The van der Waals surface area contributed by atoms with Crippen LogP contribution in [0.4, 0.5) is 0 Å². The van der Waals surface area contributed by atoms with E-state index in [2.05, 4.69) is 98.4 Å². The van der Waals surface area contributed by atoms with E-state index in [0.29, 0.717) is 0 Å². The Balaban J connectivity index is 1.64. The van der Waals surface area contributed by atoms with E-state index in [1.54, 1.807) is 0 Å². The van der Waals surface area contributed by atoms with E-state index in [0.717, 1.165) is 65.3 Å². The first-order valence-electron chi connectivity index (χ1n) is 13.6. The van der Waals surface area contributed by atoms with Gasteiger partial charge >= 0.3 is 0 Å². The van der Waals surface area contributed by atoms with Gasteiger partial charge in [-0.2, -0.15) is 0 Å². The van der Waals surface area contributed by atoms with Gasteiger partial charge in [0.15, 0.2) is 0 Å². The zero-order valence-electron chi connectivity index (χ0n) is 22.2. The molecule has 37 heavy (non-hydrogen) atoms. The summed E-state index contributed by atoms with van der Waals surface area (Å²) in [5.74, 6) is 0. The normalized spacial score (nSPS) is 13.0. The molecule has 2 N–H and O–H groups in total. The number of aromatic amines is 2. The van der Waals surface area contributed by atoms with Crippen molar-refractivity contribution < 1.29 is 0 Å². The lowest BCUT2D eigenvalue weighted by atomic mass is 9.98. The lowest BCUT2D eigenvalue weighted by molar-refractivity contribution is 0.956. The van der Waals surface area contributed by atoms with E-state index in [4.69, 9.17) is 9.97 Å². The molecule has 0 radical (unpaired) electrons. The minimum Gasteiger partial charge on any atom is -0.358 e. The second kappa shape index (κ2) is 9.51. The number of rotatable bonds is 4. The number of pyridine rings is 2. The monoisotopic (exact) mass is 486 g/mol. The topological polar surface area (TPSA) is 57.4 Å². The molecule has 0 saturated heterocycles. The van der Waals surface area contributed by atoms with Crippen molar-refractivity contribution in [1.82, 2.24) is 19.9 Å². The third-order valence-electron chi connectivity index (χ3n) is 7.85. The predicted molar refractivity (Wildman–Crippen MR) is 157 cm³/mol. The highest BCUT2D eigenvalue weighted by Gasteiger charge is 2.19. The van der Waals surface area contributed by atoms with E-state index >= 15 is 0 Å². The second-order valence-corrected chi connectivity index (χ2v) is 9.89. The Bertz CT molecular complexity index is 1570. The molecule has 4 heteroatoms. The van der Waals surface area contributed by atoms with E-state index < -0.39 is 0 Å². The van der Waals surface area contributed by atoms with Gasteiger partial charge in [-0.05, 0) is 84.4 Å². The van der Waals surface area contributed by atoms with Gasteiger partial charge in [-0.3, -0.25) is 0 Å². The molecule has 0 amide bonds. The van der Waals surface area contributed by atoms with Gasteiger partial charge in [-0.1, -0.05) is 52.0 Å². The molecule has 6 rings (SSSR count). The molecule has 0 saturated carbocycles.